The fourth-order valence-corrected chi connectivity index (χ4v) is 2.71. The highest BCUT2D eigenvalue weighted by atomic mass is 32.2. The lowest BCUT2D eigenvalue weighted by Gasteiger charge is -2.10. The molecule has 1 rings (SSSR count). The van der Waals surface area contributed by atoms with Crippen molar-refractivity contribution in [3.63, 3.8) is 0 Å². The summed E-state index contributed by atoms with van der Waals surface area (Å²) in [7, 11) is 0. The minimum Gasteiger partial charge on any atom is -0.396 e. The monoisotopic (exact) mass is 298 g/mol. The van der Waals surface area contributed by atoms with Crippen molar-refractivity contribution in [3.8, 4) is 0 Å². The van der Waals surface area contributed by atoms with Gasteiger partial charge >= 0.3 is 0 Å². The van der Waals surface area contributed by atoms with Crippen LogP contribution in [0.1, 0.15) is 25.8 Å². The lowest BCUT2D eigenvalue weighted by Crippen LogP contribution is -2.05. The molecule has 1 aromatic carbocycles. The molecule has 0 aliphatic carbocycles. The molecule has 0 fully saturated rings. The van der Waals surface area contributed by atoms with Crippen molar-refractivity contribution in [1.82, 2.24) is 0 Å². The second-order valence-electron chi connectivity index (χ2n) is 4.84. The number of anilines is 1. The molecule has 0 saturated carbocycles. The van der Waals surface area contributed by atoms with Crippen LogP contribution in [0, 0.1) is 16.0 Å². The highest BCUT2D eigenvalue weighted by molar-refractivity contribution is 7.98. The molecule has 0 radical (unpaired) electrons. The minimum atomic E-state index is -0.358. The summed E-state index contributed by atoms with van der Waals surface area (Å²) in [5.41, 5.74) is 1.77. The van der Waals surface area contributed by atoms with Gasteiger partial charge in [-0.25, -0.2) is 0 Å². The highest BCUT2D eigenvalue weighted by Crippen LogP contribution is 2.27. The van der Waals surface area contributed by atoms with Crippen LogP contribution in [-0.4, -0.2) is 28.9 Å². The van der Waals surface area contributed by atoms with E-state index in [9.17, 15) is 10.1 Å². The third-order valence-corrected chi connectivity index (χ3v) is 4.15. The van der Waals surface area contributed by atoms with Gasteiger partial charge in [-0.15, -0.1) is 0 Å². The SMILES string of the molecule is CCCNc1cc(CSCC(C)CO)ccc1[N+](=O)[O-]. The predicted octanol–water partition coefficient (Wildman–Crippen LogP) is 3.28. The molecule has 0 aliphatic rings. The maximum absolute atomic E-state index is 11.0. The third kappa shape index (κ3) is 5.38. The van der Waals surface area contributed by atoms with Crippen molar-refractivity contribution >= 4 is 23.1 Å². The number of nitrogens with one attached hydrogen (secondary N) is 1. The Hall–Kier alpha value is -1.27. The van der Waals surface area contributed by atoms with Crippen molar-refractivity contribution in [2.75, 3.05) is 24.2 Å². The maximum atomic E-state index is 11.0. The fourth-order valence-electron chi connectivity index (χ4n) is 1.66. The zero-order chi connectivity index (χ0) is 15.0. The lowest BCUT2D eigenvalue weighted by atomic mass is 10.2. The second-order valence-corrected chi connectivity index (χ2v) is 5.87. The van der Waals surface area contributed by atoms with Gasteiger partial charge in [-0.1, -0.05) is 19.9 Å². The van der Waals surface area contributed by atoms with Crippen LogP contribution in [-0.2, 0) is 5.75 Å². The topological polar surface area (TPSA) is 75.4 Å². The molecule has 6 heteroatoms. The second kappa shape index (κ2) is 8.81. The van der Waals surface area contributed by atoms with Gasteiger partial charge < -0.3 is 10.4 Å². The van der Waals surface area contributed by atoms with Gasteiger partial charge in [0.05, 0.1) is 4.92 Å². The van der Waals surface area contributed by atoms with Crippen molar-refractivity contribution in [3.05, 3.63) is 33.9 Å². The van der Waals surface area contributed by atoms with Gasteiger partial charge in [-0.05, 0) is 29.7 Å². The summed E-state index contributed by atoms with van der Waals surface area (Å²) < 4.78 is 0. The summed E-state index contributed by atoms with van der Waals surface area (Å²) >= 11 is 1.73. The number of thioether (sulfide) groups is 1. The summed E-state index contributed by atoms with van der Waals surface area (Å²) in [6.07, 6.45) is 0.921. The van der Waals surface area contributed by atoms with Crippen molar-refractivity contribution < 1.29 is 10.0 Å². The Labute approximate surface area is 123 Å². The molecule has 2 N–H and O–H groups in total. The third-order valence-electron chi connectivity index (χ3n) is 2.81. The van der Waals surface area contributed by atoms with E-state index in [1.54, 1.807) is 23.9 Å². The Morgan fingerprint density at radius 3 is 2.85 bits per heavy atom. The number of nitro groups is 1. The van der Waals surface area contributed by atoms with E-state index in [0.29, 0.717) is 5.69 Å². The van der Waals surface area contributed by atoms with E-state index >= 15 is 0 Å². The van der Waals surface area contributed by atoms with Crippen molar-refractivity contribution in [2.45, 2.75) is 26.0 Å². The van der Waals surface area contributed by atoms with Gasteiger partial charge in [-0.3, -0.25) is 10.1 Å². The van der Waals surface area contributed by atoms with Crippen LogP contribution < -0.4 is 5.32 Å². The normalized spacial score (nSPS) is 12.2. The van der Waals surface area contributed by atoms with E-state index < -0.39 is 0 Å². The minimum absolute atomic E-state index is 0.121. The highest BCUT2D eigenvalue weighted by Gasteiger charge is 2.13. The van der Waals surface area contributed by atoms with E-state index in [0.717, 1.165) is 30.0 Å². The number of hydrogen-bond acceptors (Lipinski definition) is 5. The summed E-state index contributed by atoms with van der Waals surface area (Å²) in [6, 6.07) is 5.21. The summed E-state index contributed by atoms with van der Waals surface area (Å²) in [5, 5.41) is 23.0. The lowest BCUT2D eigenvalue weighted by molar-refractivity contribution is -0.384. The van der Waals surface area contributed by atoms with Crippen LogP contribution in [0.5, 0.6) is 0 Å². The Kier molecular flexibility index (Phi) is 7.40. The molecule has 0 amide bonds. The first-order valence-corrected chi connectivity index (χ1v) is 7.93. The largest absolute Gasteiger partial charge is 0.396 e. The molecule has 20 heavy (non-hydrogen) atoms. The molecule has 1 aromatic rings. The number of aliphatic hydroxyl groups excluding tert-OH is 1. The Morgan fingerprint density at radius 1 is 1.50 bits per heavy atom. The van der Waals surface area contributed by atoms with Gasteiger partial charge in [0.15, 0.2) is 0 Å². The number of aliphatic hydroxyl groups is 1. The van der Waals surface area contributed by atoms with Crippen molar-refractivity contribution in [1.29, 1.82) is 0 Å². The zero-order valence-corrected chi connectivity index (χ0v) is 12.8. The average Bonchev–Trinajstić information content (AvgIpc) is 2.44. The summed E-state index contributed by atoms with van der Waals surface area (Å²) in [4.78, 5) is 10.6. The molecule has 0 aliphatic heterocycles. The van der Waals surface area contributed by atoms with Crippen LogP contribution in [0.15, 0.2) is 18.2 Å². The molecule has 1 atom stereocenters. The molecular formula is C14H22N2O3S. The van der Waals surface area contributed by atoms with E-state index in [1.165, 1.54) is 0 Å². The first-order chi connectivity index (χ1) is 9.58. The fraction of sp³-hybridized carbons (Fsp3) is 0.571. The van der Waals surface area contributed by atoms with Crippen LogP contribution in [0.4, 0.5) is 11.4 Å². The standard InChI is InChI=1S/C14H22N2O3S/c1-3-6-15-13-7-12(4-5-14(13)16(18)19)10-20-9-11(2)8-17/h4-5,7,11,15,17H,3,6,8-10H2,1-2H3. The van der Waals surface area contributed by atoms with Gasteiger partial charge in [-0.2, -0.15) is 11.8 Å². The first-order valence-electron chi connectivity index (χ1n) is 6.78. The smallest absolute Gasteiger partial charge is 0.292 e. The molecule has 1 unspecified atom stereocenters. The average molecular weight is 298 g/mol. The molecule has 0 bridgehead atoms. The molecule has 0 saturated heterocycles. The van der Waals surface area contributed by atoms with E-state index in [1.807, 2.05) is 19.9 Å². The van der Waals surface area contributed by atoms with Crippen LogP contribution in [0.2, 0.25) is 0 Å². The molecule has 0 heterocycles. The van der Waals surface area contributed by atoms with Gasteiger partial charge in [0.1, 0.15) is 5.69 Å². The Morgan fingerprint density at radius 2 is 2.25 bits per heavy atom. The molecular weight excluding hydrogens is 276 g/mol. The molecule has 0 aromatic heterocycles. The Balaban J connectivity index is 2.70. The molecule has 112 valence electrons. The van der Waals surface area contributed by atoms with E-state index in [-0.39, 0.29) is 23.1 Å². The number of hydrogen-bond donors (Lipinski definition) is 2. The quantitative estimate of drug-likeness (QED) is 0.540. The van der Waals surface area contributed by atoms with Gasteiger partial charge in [0, 0.05) is 25.0 Å². The maximum Gasteiger partial charge on any atom is 0.292 e. The number of nitro benzene ring substituents is 1. The predicted molar refractivity (Wildman–Crippen MR) is 84.3 cm³/mol. The number of benzene rings is 1. The Bertz CT molecular complexity index is 440. The number of nitrogens with zero attached hydrogens (tertiary/aromatic N) is 1. The molecule has 5 nitrogen and oxygen atoms in total. The van der Waals surface area contributed by atoms with Crippen LogP contribution in [0.3, 0.4) is 0 Å². The number of rotatable bonds is 9. The first kappa shape index (κ1) is 16.8. The molecule has 0 spiro atoms. The summed E-state index contributed by atoms with van der Waals surface area (Å²) in [6.45, 7) is 4.93. The van der Waals surface area contributed by atoms with E-state index in [2.05, 4.69) is 5.32 Å². The zero-order valence-electron chi connectivity index (χ0n) is 12.0. The van der Waals surface area contributed by atoms with Gasteiger partial charge in [0.25, 0.3) is 5.69 Å². The van der Waals surface area contributed by atoms with Crippen LogP contribution in [0.25, 0.3) is 0 Å². The summed E-state index contributed by atoms with van der Waals surface area (Å²) in [5.74, 6) is 1.95. The van der Waals surface area contributed by atoms with Crippen molar-refractivity contribution in [2.24, 2.45) is 5.92 Å². The van der Waals surface area contributed by atoms with Crippen LogP contribution >= 0.6 is 11.8 Å². The van der Waals surface area contributed by atoms with Gasteiger partial charge in [0.2, 0.25) is 0 Å². The van der Waals surface area contributed by atoms with E-state index in [4.69, 9.17) is 5.11 Å².